The van der Waals surface area contributed by atoms with E-state index in [1.54, 1.807) is 20.3 Å². The first kappa shape index (κ1) is 13.1. The molecule has 4 rings (SSSR count). The summed E-state index contributed by atoms with van der Waals surface area (Å²) >= 11 is 0. The topological polar surface area (TPSA) is 43.6 Å². The number of benzene rings is 2. The lowest BCUT2D eigenvalue weighted by molar-refractivity contribution is 0.374. The maximum Gasteiger partial charge on any atom is 0.162 e. The SMILES string of the molecule is COc1ccc2c(c1)CCn1c-2cc2cc(O)c(OC)cc21. The van der Waals surface area contributed by atoms with Crippen LogP contribution in [0.5, 0.6) is 17.2 Å². The molecule has 0 aliphatic carbocycles. The van der Waals surface area contributed by atoms with Crippen LogP contribution >= 0.6 is 0 Å². The van der Waals surface area contributed by atoms with Gasteiger partial charge in [-0.2, -0.15) is 0 Å². The molecular weight excluding hydrogens is 278 g/mol. The summed E-state index contributed by atoms with van der Waals surface area (Å²) in [4.78, 5) is 0. The van der Waals surface area contributed by atoms with Crippen LogP contribution in [-0.4, -0.2) is 23.9 Å². The van der Waals surface area contributed by atoms with Crippen molar-refractivity contribution in [1.29, 1.82) is 0 Å². The van der Waals surface area contributed by atoms with Gasteiger partial charge in [0, 0.05) is 29.3 Å². The van der Waals surface area contributed by atoms with Crippen molar-refractivity contribution in [1.82, 2.24) is 4.57 Å². The van der Waals surface area contributed by atoms with Crippen molar-refractivity contribution >= 4 is 10.9 Å². The summed E-state index contributed by atoms with van der Waals surface area (Å²) < 4.78 is 12.8. The number of methoxy groups -OCH3 is 2. The van der Waals surface area contributed by atoms with Crippen LogP contribution in [0.25, 0.3) is 22.2 Å². The maximum absolute atomic E-state index is 9.98. The molecule has 3 aromatic rings. The Kier molecular flexibility index (Phi) is 2.79. The Labute approximate surface area is 128 Å². The van der Waals surface area contributed by atoms with Crippen LogP contribution in [0.1, 0.15) is 5.56 Å². The second-order valence-electron chi connectivity index (χ2n) is 5.54. The van der Waals surface area contributed by atoms with Gasteiger partial charge in [-0.25, -0.2) is 0 Å². The van der Waals surface area contributed by atoms with Gasteiger partial charge in [-0.15, -0.1) is 0 Å². The third kappa shape index (κ3) is 1.77. The number of rotatable bonds is 2. The fraction of sp³-hybridized carbons (Fsp3) is 0.222. The Hall–Kier alpha value is -2.62. The van der Waals surface area contributed by atoms with E-state index in [4.69, 9.17) is 9.47 Å². The van der Waals surface area contributed by atoms with Gasteiger partial charge in [-0.1, -0.05) is 0 Å². The van der Waals surface area contributed by atoms with Gasteiger partial charge in [-0.3, -0.25) is 0 Å². The first-order valence-electron chi connectivity index (χ1n) is 7.29. The molecule has 1 aromatic heterocycles. The lowest BCUT2D eigenvalue weighted by Gasteiger charge is -2.20. The number of aromatic hydroxyl groups is 1. The first-order valence-corrected chi connectivity index (χ1v) is 7.29. The minimum atomic E-state index is 0.174. The molecule has 0 radical (unpaired) electrons. The molecule has 4 heteroatoms. The van der Waals surface area contributed by atoms with Crippen molar-refractivity contribution in [3.8, 4) is 28.5 Å². The molecule has 0 spiro atoms. The highest BCUT2D eigenvalue weighted by molar-refractivity contribution is 5.90. The summed E-state index contributed by atoms with van der Waals surface area (Å²) in [6, 6.07) is 12.0. The summed E-state index contributed by atoms with van der Waals surface area (Å²) in [6.07, 6.45) is 0.965. The monoisotopic (exact) mass is 295 g/mol. The predicted octanol–water partition coefficient (Wildman–Crippen LogP) is 3.59. The number of aryl methyl sites for hydroxylation is 2. The Morgan fingerprint density at radius 2 is 1.91 bits per heavy atom. The van der Waals surface area contributed by atoms with Crippen LogP contribution in [0.15, 0.2) is 36.4 Å². The largest absolute Gasteiger partial charge is 0.504 e. The number of hydrogen-bond donors (Lipinski definition) is 1. The fourth-order valence-electron chi connectivity index (χ4n) is 3.29. The standard InChI is InChI=1S/C18H17NO3/c1-21-13-3-4-14-11(7-13)5-6-19-15-10-18(22-2)17(20)9-12(15)8-16(14)19/h3-4,7-10,20H,5-6H2,1-2H3. The highest BCUT2D eigenvalue weighted by Crippen LogP contribution is 2.39. The van der Waals surface area contributed by atoms with Gasteiger partial charge in [0.05, 0.1) is 19.7 Å². The minimum Gasteiger partial charge on any atom is -0.504 e. The zero-order chi connectivity index (χ0) is 15.3. The molecule has 112 valence electrons. The summed E-state index contributed by atoms with van der Waals surface area (Å²) in [6.45, 7) is 0.910. The lowest BCUT2D eigenvalue weighted by Crippen LogP contribution is -2.10. The van der Waals surface area contributed by atoms with E-state index in [0.29, 0.717) is 5.75 Å². The molecule has 0 unspecified atom stereocenters. The second kappa shape index (κ2) is 4.70. The molecule has 4 nitrogen and oxygen atoms in total. The predicted molar refractivity (Wildman–Crippen MR) is 85.8 cm³/mol. The van der Waals surface area contributed by atoms with Crippen molar-refractivity contribution < 1.29 is 14.6 Å². The number of hydrogen-bond acceptors (Lipinski definition) is 3. The average Bonchev–Trinajstić information content (AvgIpc) is 2.90. The van der Waals surface area contributed by atoms with Gasteiger partial charge in [0.2, 0.25) is 0 Å². The van der Waals surface area contributed by atoms with E-state index in [0.717, 1.165) is 29.6 Å². The molecule has 0 saturated heterocycles. The van der Waals surface area contributed by atoms with E-state index in [1.165, 1.54) is 16.8 Å². The molecule has 0 amide bonds. The van der Waals surface area contributed by atoms with Crippen molar-refractivity contribution in [3.05, 3.63) is 42.0 Å². The normalized spacial score (nSPS) is 12.8. The van der Waals surface area contributed by atoms with E-state index in [-0.39, 0.29) is 5.75 Å². The zero-order valence-corrected chi connectivity index (χ0v) is 12.6. The van der Waals surface area contributed by atoms with E-state index in [9.17, 15) is 5.11 Å². The van der Waals surface area contributed by atoms with Gasteiger partial charge in [0.25, 0.3) is 0 Å². The average molecular weight is 295 g/mol. The first-order chi connectivity index (χ1) is 10.7. The van der Waals surface area contributed by atoms with Crippen molar-refractivity contribution in [2.24, 2.45) is 0 Å². The van der Waals surface area contributed by atoms with Gasteiger partial charge in [-0.05, 0) is 42.3 Å². The van der Waals surface area contributed by atoms with Crippen LogP contribution in [0.2, 0.25) is 0 Å². The Balaban J connectivity index is 1.96. The summed E-state index contributed by atoms with van der Waals surface area (Å²) in [5, 5.41) is 11.0. The maximum atomic E-state index is 9.98. The molecule has 0 atom stereocenters. The highest BCUT2D eigenvalue weighted by atomic mass is 16.5. The lowest BCUT2D eigenvalue weighted by atomic mass is 9.98. The van der Waals surface area contributed by atoms with Crippen LogP contribution in [0, 0.1) is 0 Å². The summed E-state index contributed by atoms with van der Waals surface area (Å²) in [5.74, 6) is 1.57. The van der Waals surface area contributed by atoms with E-state index in [1.807, 2.05) is 12.1 Å². The van der Waals surface area contributed by atoms with Crippen LogP contribution in [0.4, 0.5) is 0 Å². The quantitative estimate of drug-likeness (QED) is 0.785. The Bertz CT molecular complexity index is 880. The molecule has 2 aromatic carbocycles. The minimum absolute atomic E-state index is 0.174. The fourth-order valence-corrected chi connectivity index (χ4v) is 3.29. The molecule has 1 aliphatic rings. The van der Waals surface area contributed by atoms with Gasteiger partial charge in [0.1, 0.15) is 5.75 Å². The van der Waals surface area contributed by atoms with Gasteiger partial charge in [0.15, 0.2) is 11.5 Å². The van der Waals surface area contributed by atoms with Crippen molar-refractivity contribution in [2.75, 3.05) is 14.2 Å². The molecule has 1 N–H and O–H groups in total. The van der Waals surface area contributed by atoms with Crippen LogP contribution in [-0.2, 0) is 13.0 Å². The van der Waals surface area contributed by atoms with E-state index >= 15 is 0 Å². The molecule has 22 heavy (non-hydrogen) atoms. The smallest absolute Gasteiger partial charge is 0.162 e. The third-order valence-corrected chi connectivity index (χ3v) is 4.40. The van der Waals surface area contributed by atoms with E-state index < -0.39 is 0 Å². The van der Waals surface area contributed by atoms with Crippen LogP contribution in [0.3, 0.4) is 0 Å². The number of fused-ring (bicyclic) bond motifs is 5. The molecule has 2 heterocycles. The summed E-state index contributed by atoms with van der Waals surface area (Å²) in [7, 11) is 3.26. The number of ether oxygens (including phenoxy) is 2. The number of nitrogens with zero attached hydrogens (tertiary/aromatic N) is 1. The van der Waals surface area contributed by atoms with Gasteiger partial charge < -0.3 is 19.1 Å². The van der Waals surface area contributed by atoms with Crippen molar-refractivity contribution in [3.63, 3.8) is 0 Å². The molecule has 0 saturated carbocycles. The Morgan fingerprint density at radius 3 is 2.68 bits per heavy atom. The highest BCUT2D eigenvalue weighted by Gasteiger charge is 2.20. The van der Waals surface area contributed by atoms with Crippen LogP contribution < -0.4 is 9.47 Å². The van der Waals surface area contributed by atoms with Crippen molar-refractivity contribution in [2.45, 2.75) is 13.0 Å². The third-order valence-electron chi connectivity index (χ3n) is 4.40. The number of aromatic nitrogens is 1. The molecule has 0 bridgehead atoms. The number of phenols is 1. The molecule has 1 aliphatic heterocycles. The Morgan fingerprint density at radius 1 is 1.05 bits per heavy atom. The molecular formula is C18H17NO3. The zero-order valence-electron chi connectivity index (χ0n) is 12.6. The molecule has 0 fully saturated rings. The van der Waals surface area contributed by atoms with E-state index in [2.05, 4.69) is 22.8 Å². The second-order valence-corrected chi connectivity index (χ2v) is 5.54. The van der Waals surface area contributed by atoms with Gasteiger partial charge >= 0.3 is 0 Å². The summed E-state index contributed by atoms with van der Waals surface area (Å²) in [5.41, 5.74) is 4.78. The number of phenolic OH excluding ortho intramolecular Hbond substituents is 1.